The van der Waals surface area contributed by atoms with Crippen LogP contribution in [0.5, 0.6) is 0 Å². The highest BCUT2D eigenvalue weighted by atomic mass is 16.4. The Morgan fingerprint density at radius 3 is 2.07 bits per heavy atom. The lowest BCUT2D eigenvalue weighted by atomic mass is 10.00. The molecule has 0 saturated heterocycles. The van der Waals surface area contributed by atoms with Gasteiger partial charge in [0.05, 0.1) is 0 Å². The Morgan fingerprint density at radius 1 is 1.07 bits per heavy atom. The Labute approximate surface area is 89.6 Å². The van der Waals surface area contributed by atoms with Gasteiger partial charge in [-0.05, 0) is 26.2 Å². The highest BCUT2D eigenvalue weighted by Gasteiger charge is 2.11. The van der Waals surface area contributed by atoms with Crippen molar-refractivity contribution in [3.05, 3.63) is 11.1 Å². The van der Waals surface area contributed by atoms with E-state index < -0.39 is 11.9 Å². The molecule has 86 valence electrons. The topological polar surface area (TPSA) is 74.6 Å². The van der Waals surface area contributed by atoms with E-state index in [4.69, 9.17) is 10.2 Å². The molecular formula is C11H18O4. The fraction of sp³-hybridized carbons (Fsp3) is 0.636. The van der Waals surface area contributed by atoms with Crippen molar-refractivity contribution in [2.45, 2.75) is 46.0 Å². The summed E-state index contributed by atoms with van der Waals surface area (Å²) in [7, 11) is 0. The van der Waals surface area contributed by atoms with E-state index in [2.05, 4.69) is 0 Å². The zero-order chi connectivity index (χ0) is 11.8. The van der Waals surface area contributed by atoms with Crippen LogP contribution in [0.4, 0.5) is 0 Å². The first-order valence-electron chi connectivity index (χ1n) is 5.12. The second-order valence-corrected chi connectivity index (χ2v) is 3.56. The molecular weight excluding hydrogens is 196 g/mol. The van der Waals surface area contributed by atoms with Gasteiger partial charge < -0.3 is 10.2 Å². The third kappa shape index (κ3) is 5.88. The average molecular weight is 214 g/mol. The fourth-order valence-corrected chi connectivity index (χ4v) is 1.30. The van der Waals surface area contributed by atoms with Crippen LogP contribution in [0.25, 0.3) is 0 Å². The van der Waals surface area contributed by atoms with Gasteiger partial charge >= 0.3 is 11.9 Å². The molecule has 0 aliphatic rings. The molecule has 0 aromatic heterocycles. The fourth-order valence-electron chi connectivity index (χ4n) is 1.30. The summed E-state index contributed by atoms with van der Waals surface area (Å²) < 4.78 is 0. The van der Waals surface area contributed by atoms with Gasteiger partial charge in [0, 0.05) is 12.0 Å². The van der Waals surface area contributed by atoms with Crippen LogP contribution in [-0.2, 0) is 9.59 Å². The molecule has 0 aliphatic heterocycles. The Kier molecular flexibility index (Phi) is 6.42. The third-order valence-corrected chi connectivity index (χ3v) is 2.27. The number of unbranched alkanes of at least 4 members (excludes halogenated alkanes) is 1. The SMILES string of the molecule is CCCCC(C(=O)O)=C(C)CCC(=O)O. The number of carboxylic acids is 2. The minimum Gasteiger partial charge on any atom is -0.481 e. The highest BCUT2D eigenvalue weighted by Crippen LogP contribution is 2.16. The second kappa shape index (κ2) is 7.04. The standard InChI is InChI=1S/C11H18O4/c1-3-4-5-9(11(14)15)8(2)6-7-10(12)13/h3-7H2,1-2H3,(H,12,13)(H,14,15). The lowest BCUT2D eigenvalue weighted by Crippen LogP contribution is -2.05. The average Bonchev–Trinajstić information content (AvgIpc) is 2.14. The maximum atomic E-state index is 10.9. The molecule has 0 rings (SSSR count). The van der Waals surface area contributed by atoms with Crippen LogP contribution in [-0.4, -0.2) is 22.2 Å². The van der Waals surface area contributed by atoms with Gasteiger partial charge in [-0.1, -0.05) is 18.9 Å². The number of aliphatic carboxylic acids is 2. The second-order valence-electron chi connectivity index (χ2n) is 3.56. The van der Waals surface area contributed by atoms with Gasteiger partial charge in [-0.25, -0.2) is 4.79 Å². The summed E-state index contributed by atoms with van der Waals surface area (Å²) in [6, 6.07) is 0. The van der Waals surface area contributed by atoms with Crippen LogP contribution in [0.1, 0.15) is 46.0 Å². The molecule has 2 N–H and O–H groups in total. The third-order valence-electron chi connectivity index (χ3n) is 2.27. The summed E-state index contributed by atoms with van der Waals surface area (Å²) in [5.74, 6) is -1.82. The van der Waals surface area contributed by atoms with E-state index in [-0.39, 0.29) is 6.42 Å². The molecule has 15 heavy (non-hydrogen) atoms. The van der Waals surface area contributed by atoms with E-state index in [9.17, 15) is 9.59 Å². The molecule has 0 heterocycles. The molecule has 0 aliphatic carbocycles. The van der Waals surface area contributed by atoms with E-state index in [1.807, 2.05) is 6.92 Å². The Morgan fingerprint density at radius 2 is 1.67 bits per heavy atom. The van der Waals surface area contributed by atoms with Crippen molar-refractivity contribution in [1.82, 2.24) is 0 Å². The van der Waals surface area contributed by atoms with Gasteiger partial charge in [-0.15, -0.1) is 0 Å². The molecule has 4 nitrogen and oxygen atoms in total. The quantitative estimate of drug-likeness (QED) is 0.638. The van der Waals surface area contributed by atoms with Gasteiger partial charge in [0.15, 0.2) is 0 Å². The lowest BCUT2D eigenvalue weighted by molar-refractivity contribution is -0.137. The maximum Gasteiger partial charge on any atom is 0.331 e. The van der Waals surface area contributed by atoms with Gasteiger partial charge in [-0.2, -0.15) is 0 Å². The Bertz CT molecular complexity index is 266. The number of allylic oxidation sites excluding steroid dienone is 1. The largest absolute Gasteiger partial charge is 0.481 e. The van der Waals surface area contributed by atoms with Crippen molar-refractivity contribution in [3.63, 3.8) is 0 Å². The number of carboxylic acid groups (broad SMARTS) is 2. The van der Waals surface area contributed by atoms with Crippen LogP contribution in [0.2, 0.25) is 0 Å². The summed E-state index contributed by atoms with van der Waals surface area (Å²) >= 11 is 0. The van der Waals surface area contributed by atoms with Crippen LogP contribution in [0, 0.1) is 0 Å². The van der Waals surface area contributed by atoms with Crippen LogP contribution in [0.3, 0.4) is 0 Å². The number of hydrogen-bond donors (Lipinski definition) is 2. The minimum absolute atomic E-state index is 0.00522. The van der Waals surface area contributed by atoms with Crippen molar-refractivity contribution in [1.29, 1.82) is 0 Å². The number of rotatable bonds is 7. The van der Waals surface area contributed by atoms with E-state index in [0.29, 0.717) is 24.0 Å². The first-order valence-corrected chi connectivity index (χ1v) is 5.12. The van der Waals surface area contributed by atoms with Crippen LogP contribution < -0.4 is 0 Å². The molecule has 0 radical (unpaired) electrons. The summed E-state index contributed by atoms with van der Waals surface area (Å²) in [5.41, 5.74) is 1.05. The van der Waals surface area contributed by atoms with Gasteiger partial charge in [0.1, 0.15) is 0 Å². The summed E-state index contributed by atoms with van der Waals surface area (Å²) in [5, 5.41) is 17.4. The summed E-state index contributed by atoms with van der Waals surface area (Å²) in [6.45, 7) is 3.69. The molecule has 0 saturated carbocycles. The molecule has 0 aromatic carbocycles. The molecule has 0 atom stereocenters. The zero-order valence-electron chi connectivity index (χ0n) is 9.25. The van der Waals surface area contributed by atoms with Crippen LogP contribution in [0.15, 0.2) is 11.1 Å². The smallest absolute Gasteiger partial charge is 0.331 e. The van der Waals surface area contributed by atoms with Crippen molar-refractivity contribution in [2.75, 3.05) is 0 Å². The van der Waals surface area contributed by atoms with E-state index in [0.717, 1.165) is 12.8 Å². The summed E-state index contributed by atoms with van der Waals surface area (Å²) in [4.78, 5) is 21.2. The molecule has 0 aromatic rings. The predicted octanol–water partition coefficient (Wildman–Crippen LogP) is 2.44. The summed E-state index contributed by atoms with van der Waals surface area (Å²) in [6.07, 6.45) is 2.60. The molecule has 0 amide bonds. The highest BCUT2D eigenvalue weighted by molar-refractivity contribution is 5.87. The predicted molar refractivity (Wildman–Crippen MR) is 56.7 cm³/mol. The molecule has 4 heteroatoms. The first-order chi connectivity index (χ1) is 6.99. The zero-order valence-corrected chi connectivity index (χ0v) is 9.25. The molecule has 0 spiro atoms. The lowest BCUT2D eigenvalue weighted by Gasteiger charge is -2.06. The van der Waals surface area contributed by atoms with Crippen LogP contribution >= 0.6 is 0 Å². The van der Waals surface area contributed by atoms with E-state index in [1.54, 1.807) is 6.92 Å². The van der Waals surface area contributed by atoms with Crippen molar-refractivity contribution in [2.24, 2.45) is 0 Å². The maximum absolute atomic E-state index is 10.9. The van der Waals surface area contributed by atoms with Crippen molar-refractivity contribution in [3.8, 4) is 0 Å². The molecule has 0 fully saturated rings. The molecule has 0 unspecified atom stereocenters. The van der Waals surface area contributed by atoms with Crippen molar-refractivity contribution < 1.29 is 19.8 Å². The van der Waals surface area contributed by atoms with Gasteiger partial charge in [0.2, 0.25) is 0 Å². The number of carbonyl (C=O) groups is 2. The van der Waals surface area contributed by atoms with Gasteiger partial charge in [-0.3, -0.25) is 4.79 Å². The molecule has 0 bridgehead atoms. The Hall–Kier alpha value is -1.32. The van der Waals surface area contributed by atoms with Gasteiger partial charge in [0.25, 0.3) is 0 Å². The van der Waals surface area contributed by atoms with E-state index >= 15 is 0 Å². The normalized spacial score (nSPS) is 12.1. The van der Waals surface area contributed by atoms with Crippen molar-refractivity contribution >= 4 is 11.9 Å². The number of hydrogen-bond acceptors (Lipinski definition) is 2. The monoisotopic (exact) mass is 214 g/mol. The van der Waals surface area contributed by atoms with E-state index in [1.165, 1.54) is 0 Å². The first kappa shape index (κ1) is 13.7. The minimum atomic E-state index is -0.925. The Balaban J connectivity index is 4.46.